The van der Waals surface area contributed by atoms with Crippen LogP contribution in [-0.2, 0) is 21.0 Å². The average Bonchev–Trinajstić information content (AvgIpc) is 2.68. The lowest BCUT2D eigenvalue weighted by Gasteiger charge is -2.20. The molecule has 0 heterocycles. The monoisotopic (exact) mass is 498 g/mol. The number of hydrogen-bond donors (Lipinski definition) is 1. The van der Waals surface area contributed by atoms with E-state index in [1.54, 1.807) is 13.8 Å². The minimum absolute atomic E-state index is 0.138. The van der Waals surface area contributed by atoms with Gasteiger partial charge in [-0.1, -0.05) is 37.0 Å². The van der Waals surface area contributed by atoms with Gasteiger partial charge in [-0.25, -0.2) is 8.42 Å². The van der Waals surface area contributed by atoms with Crippen LogP contribution in [0.15, 0.2) is 41.3 Å². The van der Waals surface area contributed by atoms with Crippen LogP contribution in [0.25, 0.3) is 0 Å². The van der Waals surface area contributed by atoms with Gasteiger partial charge in [0, 0.05) is 23.1 Å². The van der Waals surface area contributed by atoms with Crippen LogP contribution in [-0.4, -0.2) is 38.3 Å². The van der Waals surface area contributed by atoms with Crippen molar-refractivity contribution in [3.8, 4) is 5.75 Å². The first-order valence-electron chi connectivity index (χ1n) is 8.99. The van der Waals surface area contributed by atoms with Gasteiger partial charge in [-0.2, -0.15) is 17.5 Å². The first-order valence-corrected chi connectivity index (χ1v) is 11.2. The first-order chi connectivity index (χ1) is 14.4. The highest BCUT2D eigenvalue weighted by Crippen LogP contribution is 2.36. The zero-order chi connectivity index (χ0) is 23.4. The summed E-state index contributed by atoms with van der Waals surface area (Å²) in [5.41, 5.74) is -1.62. The van der Waals surface area contributed by atoms with Gasteiger partial charge in [-0.3, -0.25) is 4.79 Å². The van der Waals surface area contributed by atoms with Gasteiger partial charge in [0.15, 0.2) is 6.61 Å². The highest BCUT2D eigenvalue weighted by Gasteiger charge is 2.34. The molecule has 1 amide bonds. The molecule has 0 atom stereocenters. The van der Waals surface area contributed by atoms with Crippen molar-refractivity contribution in [2.45, 2.75) is 24.9 Å². The van der Waals surface area contributed by atoms with E-state index in [0.717, 1.165) is 6.07 Å². The van der Waals surface area contributed by atoms with Crippen molar-refractivity contribution in [3.05, 3.63) is 52.0 Å². The number of rotatable bonds is 8. The van der Waals surface area contributed by atoms with Crippen molar-refractivity contribution in [3.63, 3.8) is 0 Å². The van der Waals surface area contributed by atoms with Gasteiger partial charge in [0.2, 0.25) is 10.0 Å². The molecule has 2 aromatic rings. The molecule has 0 aliphatic carbocycles. The zero-order valence-corrected chi connectivity index (χ0v) is 18.8. The molecule has 2 aromatic carbocycles. The highest BCUT2D eigenvalue weighted by molar-refractivity contribution is 7.89. The van der Waals surface area contributed by atoms with Crippen LogP contribution in [0.5, 0.6) is 5.75 Å². The third-order valence-electron chi connectivity index (χ3n) is 4.15. The summed E-state index contributed by atoms with van der Waals surface area (Å²) in [7, 11) is -3.96. The molecule has 0 unspecified atom stereocenters. The normalized spacial score (nSPS) is 12.1. The summed E-state index contributed by atoms with van der Waals surface area (Å²) >= 11 is 11.5. The fourth-order valence-corrected chi connectivity index (χ4v) is 4.72. The number of carbonyl (C=O) groups is 1. The molecule has 170 valence electrons. The fraction of sp³-hybridized carbons (Fsp3) is 0.316. The molecular weight excluding hydrogens is 480 g/mol. The van der Waals surface area contributed by atoms with Crippen molar-refractivity contribution in [1.29, 1.82) is 0 Å². The van der Waals surface area contributed by atoms with E-state index in [9.17, 15) is 26.4 Å². The maximum absolute atomic E-state index is 13.2. The number of anilines is 1. The summed E-state index contributed by atoms with van der Waals surface area (Å²) in [4.78, 5) is 12.0. The molecule has 6 nitrogen and oxygen atoms in total. The number of hydrogen-bond acceptors (Lipinski definition) is 4. The van der Waals surface area contributed by atoms with E-state index >= 15 is 0 Å². The third-order valence-corrected chi connectivity index (χ3v) is 6.69. The molecule has 0 aliphatic heterocycles. The Balaban J connectivity index is 2.24. The van der Waals surface area contributed by atoms with E-state index in [4.69, 9.17) is 27.9 Å². The van der Waals surface area contributed by atoms with E-state index in [-0.39, 0.29) is 33.8 Å². The van der Waals surface area contributed by atoms with Gasteiger partial charge in [-0.05, 0) is 36.4 Å². The largest absolute Gasteiger partial charge is 0.482 e. The minimum Gasteiger partial charge on any atom is -0.482 e. The lowest BCUT2D eigenvalue weighted by Crippen LogP contribution is -2.31. The van der Waals surface area contributed by atoms with Gasteiger partial charge >= 0.3 is 6.18 Å². The van der Waals surface area contributed by atoms with Crippen molar-refractivity contribution < 1.29 is 31.1 Å². The Morgan fingerprint density at radius 1 is 1.06 bits per heavy atom. The lowest BCUT2D eigenvalue weighted by atomic mass is 10.1. The molecule has 0 aliphatic rings. The van der Waals surface area contributed by atoms with Gasteiger partial charge < -0.3 is 10.1 Å². The third kappa shape index (κ3) is 6.25. The SMILES string of the molecule is CCN(CC)S(=O)(=O)c1cc(Cl)ccc1OCC(=O)Nc1ccc(Cl)cc1C(F)(F)F. The molecule has 0 aromatic heterocycles. The van der Waals surface area contributed by atoms with E-state index in [0.29, 0.717) is 6.07 Å². The molecule has 2 rings (SSSR count). The summed E-state index contributed by atoms with van der Waals surface area (Å²) in [6, 6.07) is 6.73. The number of nitrogens with one attached hydrogen (secondary N) is 1. The summed E-state index contributed by atoms with van der Waals surface area (Å²) < 4.78 is 71.7. The maximum Gasteiger partial charge on any atom is 0.418 e. The molecule has 1 N–H and O–H groups in total. The number of ether oxygens (including phenoxy) is 1. The lowest BCUT2D eigenvalue weighted by molar-refractivity contribution is -0.137. The number of carbonyl (C=O) groups excluding carboxylic acids is 1. The Kier molecular flexibility index (Phi) is 8.21. The molecular formula is C19H19Cl2F3N2O4S. The second kappa shape index (κ2) is 10.1. The number of benzene rings is 2. The van der Waals surface area contributed by atoms with Crippen molar-refractivity contribution >= 4 is 44.8 Å². The maximum atomic E-state index is 13.2. The number of nitrogens with zero attached hydrogens (tertiary/aromatic N) is 1. The van der Waals surface area contributed by atoms with Gasteiger partial charge in [-0.15, -0.1) is 0 Å². The topological polar surface area (TPSA) is 75.7 Å². The van der Waals surface area contributed by atoms with Crippen molar-refractivity contribution in [2.75, 3.05) is 25.0 Å². The smallest absolute Gasteiger partial charge is 0.418 e. The number of halogens is 5. The van der Waals surface area contributed by atoms with Crippen LogP contribution < -0.4 is 10.1 Å². The molecule has 0 spiro atoms. The quantitative estimate of drug-likeness (QED) is 0.551. The Labute approximate surface area is 187 Å². The van der Waals surface area contributed by atoms with E-state index < -0.39 is 40.0 Å². The molecule has 12 heteroatoms. The van der Waals surface area contributed by atoms with Crippen molar-refractivity contribution in [1.82, 2.24) is 4.31 Å². The van der Waals surface area contributed by atoms with Gasteiger partial charge in [0.05, 0.1) is 11.3 Å². The molecule has 0 radical (unpaired) electrons. The molecule has 0 fully saturated rings. The Bertz CT molecular complexity index is 1060. The Morgan fingerprint density at radius 3 is 2.23 bits per heavy atom. The van der Waals surface area contributed by atoms with Crippen LogP contribution in [0.2, 0.25) is 10.0 Å². The van der Waals surface area contributed by atoms with E-state index in [2.05, 4.69) is 5.32 Å². The molecule has 0 bridgehead atoms. The zero-order valence-electron chi connectivity index (χ0n) is 16.5. The second-order valence-corrected chi connectivity index (χ2v) is 8.98. The standard InChI is InChI=1S/C19H19Cl2F3N2O4S/c1-3-26(4-2)31(28,29)17-10-13(21)6-8-16(17)30-11-18(27)25-15-7-5-12(20)9-14(15)19(22,23)24/h5-10H,3-4,11H2,1-2H3,(H,25,27). The Morgan fingerprint density at radius 2 is 1.65 bits per heavy atom. The number of amides is 1. The summed E-state index contributed by atoms with van der Waals surface area (Å²) in [6.07, 6.45) is -4.74. The van der Waals surface area contributed by atoms with Crippen LogP contribution >= 0.6 is 23.2 Å². The average molecular weight is 499 g/mol. The summed E-state index contributed by atoms with van der Waals surface area (Å²) in [6.45, 7) is 2.97. The van der Waals surface area contributed by atoms with Crippen LogP contribution in [0.3, 0.4) is 0 Å². The second-order valence-electron chi connectivity index (χ2n) is 6.20. The number of sulfonamides is 1. The Hall–Kier alpha value is -2.01. The van der Waals surface area contributed by atoms with Crippen molar-refractivity contribution in [2.24, 2.45) is 0 Å². The fourth-order valence-electron chi connectivity index (χ4n) is 2.69. The van der Waals surface area contributed by atoms with Gasteiger partial charge in [0.1, 0.15) is 10.6 Å². The number of alkyl halides is 3. The van der Waals surface area contributed by atoms with E-state index in [1.807, 2.05) is 0 Å². The minimum atomic E-state index is -4.74. The van der Waals surface area contributed by atoms with Crippen LogP contribution in [0, 0.1) is 0 Å². The summed E-state index contributed by atoms with van der Waals surface area (Å²) in [5, 5.41) is 2.09. The predicted octanol–water partition coefficient (Wildman–Crippen LogP) is 5.06. The van der Waals surface area contributed by atoms with Crippen LogP contribution in [0.4, 0.5) is 18.9 Å². The first kappa shape index (κ1) is 25.3. The molecule has 31 heavy (non-hydrogen) atoms. The molecule has 0 saturated carbocycles. The van der Waals surface area contributed by atoms with Gasteiger partial charge in [0.25, 0.3) is 5.91 Å². The summed E-state index contributed by atoms with van der Waals surface area (Å²) in [5.74, 6) is -1.08. The van der Waals surface area contributed by atoms with Crippen LogP contribution in [0.1, 0.15) is 19.4 Å². The highest BCUT2D eigenvalue weighted by atomic mass is 35.5. The molecule has 0 saturated heterocycles. The van der Waals surface area contributed by atoms with E-state index in [1.165, 1.54) is 28.6 Å². The predicted molar refractivity (Wildman–Crippen MR) is 112 cm³/mol.